The van der Waals surface area contributed by atoms with Gasteiger partial charge >= 0.3 is 0 Å². The average molecular weight is 161 g/mol. The van der Waals surface area contributed by atoms with Gasteiger partial charge in [0, 0.05) is 13.2 Å². The first-order valence-corrected chi connectivity index (χ1v) is 4.24. The molecule has 3 nitrogen and oxygen atoms in total. The Balaban J connectivity index is 3.66. The highest BCUT2D eigenvalue weighted by atomic mass is 16.7. The molecule has 0 heterocycles. The normalized spacial score (nSPS) is 13.9. The third-order valence-corrected chi connectivity index (χ3v) is 1.48. The number of nitrogens with two attached hydrogens (primary N) is 1. The van der Waals surface area contributed by atoms with Crippen LogP contribution < -0.4 is 5.73 Å². The smallest absolute Gasteiger partial charge is 0.172 e. The topological polar surface area (TPSA) is 44.5 Å². The van der Waals surface area contributed by atoms with E-state index in [0.717, 1.165) is 6.42 Å². The molecular weight excluding hydrogens is 142 g/mol. The zero-order valence-corrected chi connectivity index (χ0v) is 7.67. The third kappa shape index (κ3) is 4.35. The second-order valence-corrected chi connectivity index (χ2v) is 2.35. The molecule has 0 aromatic rings. The van der Waals surface area contributed by atoms with Crippen LogP contribution in [0.5, 0.6) is 0 Å². The molecule has 0 saturated carbocycles. The van der Waals surface area contributed by atoms with Gasteiger partial charge < -0.3 is 15.2 Å². The fraction of sp³-hybridized carbons (Fsp3) is 1.00. The summed E-state index contributed by atoms with van der Waals surface area (Å²) in [6, 6.07) is -0.00472. The second-order valence-electron chi connectivity index (χ2n) is 2.35. The van der Waals surface area contributed by atoms with Gasteiger partial charge in [0.2, 0.25) is 0 Å². The summed E-state index contributed by atoms with van der Waals surface area (Å²) in [5, 5.41) is 0. The van der Waals surface area contributed by atoms with Gasteiger partial charge in [0.15, 0.2) is 6.29 Å². The summed E-state index contributed by atoms with van der Waals surface area (Å²) in [4.78, 5) is 0. The van der Waals surface area contributed by atoms with Gasteiger partial charge in [0.05, 0.1) is 6.04 Å². The maximum absolute atomic E-state index is 5.74. The van der Waals surface area contributed by atoms with Crippen LogP contribution in [-0.2, 0) is 9.47 Å². The molecule has 3 heteroatoms. The predicted molar refractivity (Wildman–Crippen MR) is 45.3 cm³/mol. The highest BCUT2D eigenvalue weighted by Gasteiger charge is 2.15. The second kappa shape index (κ2) is 6.58. The molecule has 0 bridgehead atoms. The number of ether oxygens (including phenoxy) is 2. The standard InChI is InChI=1S/C8H19NO2/c1-4-7(9)8(10-5-2)11-6-3/h7-8H,4-6,9H2,1-3H3/t7-/m1/s1. The Morgan fingerprint density at radius 1 is 1.09 bits per heavy atom. The summed E-state index contributed by atoms with van der Waals surface area (Å²) in [6.45, 7) is 7.20. The van der Waals surface area contributed by atoms with Crippen LogP contribution in [0.15, 0.2) is 0 Å². The first-order valence-electron chi connectivity index (χ1n) is 4.24. The lowest BCUT2D eigenvalue weighted by Crippen LogP contribution is -2.38. The molecule has 0 rings (SSSR count). The number of hydrogen-bond donors (Lipinski definition) is 1. The first kappa shape index (κ1) is 10.9. The van der Waals surface area contributed by atoms with Gasteiger partial charge in [0.25, 0.3) is 0 Å². The molecule has 0 saturated heterocycles. The molecule has 0 aromatic heterocycles. The van der Waals surface area contributed by atoms with Crippen LogP contribution >= 0.6 is 0 Å². The molecule has 0 aliphatic carbocycles. The molecule has 0 spiro atoms. The SMILES string of the molecule is CCOC(OCC)[C@H](N)CC. The molecule has 0 aliphatic heterocycles. The summed E-state index contributed by atoms with van der Waals surface area (Å²) in [5.41, 5.74) is 5.74. The summed E-state index contributed by atoms with van der Waals surface area (Å²) in [7, 11) is 0. The van der Waals surface area contributed by atoms with E-state index in [4.69, 9.17) is 15.2 Å². The van der Waals surface area contributed by atoms with Crippen molar-refractivity contribution in [1.82, 2.24) is 0 Å². The van der Waals surface area contributed by atoms with Crippen molar-refractivity contribution >= 4 is 0 Å². The van der Waals surface area contributed by atoms with Gasteiger partial charge in [-0.15, -0.1) is 0 Å². The Hall–Kier alpha value is -0.120. The molecule has 11 heavy (non-hydrogen) atoms. The van der Waals surface area contributed by atoms with E-state index in [0.29, 0.717) is 13.2 Å². The van der Waals surface area contributed by atoms with Crippen LogP contribution in [0.25, 0.3) is 0 Å². The van der Waals surface area contributed by atoms with Gasteiger partial charge in [-0.05, 0) is 20.3 Å². The molecule has 0 aliphatic rings. The molecule has 68 valence electrons. The van der Waals surface area contributed by atoms with Crippen LogP contribution in [-0.4, -0.2) is 25.5 Å². The maximum atomic E-state index is 5.74. The van der Waals surface area contributed by atoms with E-state index in [1.165, 1.54) is 0 Å². The lowest BCUT2D eigenvalue weighted by atomic mass is 10.2. The van der Waals surface area contributed by atoms with Gasteiger partial charge in [-0.3, -0.25) is 0 Å². The van der Waals surface area contributed by atoms with Crippen molar-refractivity contribution < 1.29 is 9.47 Å². The van der Waals surface area contributed by atoms with Gasteiger partial charge in [-0.2, -0.15) is 0 Å². The molecule has 0 amide bonds. The Morgan fingerprint density at radius 3 is 1.82 bits per heavy atom. The van der Waals surface area contributed by atoms with E-state index in [2.05, 4.69) is 0 Å². The van der Waals surface area contributed by atoms with Crippen LogP contribution in [0.2, 0.25) is 0 Å². The van der Waals surface area contributed by atoms with E-state index >= 15 is 0 Å². The van der Waals surface area contributed by atoms with E-state index in [9.17, 15) is 0 Å². The lowest BCUT2D eigenvalue weighted by molar-refractivity contribution is -0.148. The fourth-order valence-electron chi connectivity index (χ4n) is 0.816. The summed E-state index contributed by atoms with van der Waals surface area (Å²) in [5.74, 6) is 0. The maximum Gasteiger partial charge on any atom is 0.172 e. The van der Waals surface area contributed by atoms with Crippen LogP contribution in [0.4, 0.5) is 0 Å². The third-order valence-electron chi connectivity index (χ3n) is 1.48. The van der Waals surface area contributed by atoms with E-state index in [1.807, 2.05) is 20.8 Å². The zero-order valence-electron chi connectivity index (χ0n) is 7.67. The van der Waals surface area contributed by atoms with Crippen molar-refractivity contribution in [2.24, 2.45) is 5.73 Å². The Bertz CT molecular complexity index is 82.2. The quantitative estimate of drug-likeness (QED) is 0.594. The Morgan fingerprint density at radius 2 is 1.55 bits per heavy atom. The zero-order chi connectivity index (χ0) is 8.69. The van der Waals surface area contributed by atoms with Crippen molar-refractivity contribution in [3.63, 3.8) is 0 Å². The van der Waals surface area contributed by atoms with Crippen LogP contribution in [0.1, 0.15) is 27.2 Å². The molecular formula is C8H19NO2. The summed E-state index contributed by atoms with van der Waals surface area (Å²) >= 11 is 0. The van der Waals surface area contributed by atoms with E-state index in [-0.39, 0.29) is 12.3 Å². The van der Waals surface area contributed by atoms with Crippen LogP contribution in [0, 0.1) is 0 Å². The minimum atomic E-state index is -0.227. The van der Waals surface area contributed by atoms with Crippen molar-refractivity contribution in [3.05, 3.63) is 0 Å². The monoisotopic (exact) mass is 161 g/mol. The first-order chi connectivity index (χ1) is 5.26. The lowest BCUT2D eigenvalue weighted by Gasteiger charge is -2.21. The van der Waals surface area contributed by atoms with Crippen molar-refractivity contribution in [1.29, 1.82) is 0 Å². The van der Waals surface area contributed by atoms with Gasteiger partial charge in [-0.25, -0.2) is 0 Å². The number of hydrogen-bond acceptors (Lipinski definition) is 3. The highest BCUT2D eigenvalue weighted by Crippen LogP contribution is 2.02. The molecule has 2 N–H and O–H groups in total. The number of rotatable bonds is 6. The Kier molecular flexibility index (Phi) is 6.51. The molecule has 0 radical (unpaired) electrons. The van der Waals surface area contributed by atoms with E-state index in [1.54, 1.807) is 0 Å². The van der Waals surface area contributed by atoms with Gasteiger partial charge in [-0.1, -0.05) is 6.92 Å². The van der Waals surface area contributed by atoms with Crippen molar-refractivity contribution in [2.45, 2.75) is 39.5 Å². The van der Waals surface area contributed by atoms with Crippen LogP contribution in [0.3, 0.4) is 0 Å². The van der Waals surface area contributed by atoms with Crippen molar-refractivity contribution in [2.75, 3.05) is 13.2 Å². The average Bonchev–Trinajstić information content (AvgIpc) is 2.03. The summed E-state index contributed by atoms with van der Waals surface area (Å²) in [6.07, 6.45) is 0.653. The molecule has 0 fully saturated rings. The predicted octanol–water partition coefficient (Wildman–Crippen LogP) is 1.12. The minimum Gasteiger partial charge on any atom is -0.351 e. The fourth-order valence-corrected chi connectivity index (χ4v) is 0.816. The largest absolute Gasteiger partial charge is 0.351 e. The molecule has 0 aromatic carbocycles. The minimum absolute atomic E-state index is 0.00472. The highest BCUT2D eigenvalue weighted by molar-refractivity contribution is 4.62. The van der Waals surface area contributed by atoms with Crippen molar-refractivity contribution in [3.8, 4) is 0 Å². The molecule has 0 unspecified atom stereocenters. The molecule has 1 atom stereocenters. The van der Waals surface area contributed by atoms with E-state index < -0.39 is 0 Å². The Labute approximate surface area is 68.9 Å². The van der Waals surface area contributed by atoms with Gasteiger partial charge in [0.1, 0.15) is 0 Å². The summed E-state index contributed by atoms with van der Waals surface area (Å²) < 4.78 is 10.6.